The van der Waals surface area contributed by atoms with Gasteiger partial charge in [0.1, 0.15) is 0 Å². The van der Waals surface area contributed by atoms with E-state index in [1.54, 1.807) is 0 Å². The Balaban J connectivity index is 2.20. The predicted molar refractivity (Wildman–Crippen MR) is 63.7 cm³/mol. The van der Waals surface area contributed by atoms with Crippen molar-refractivity contribution in [2.45, 2.75) is 64.8 Å². The lowest BCUT2D eigenvalue weighted by Crippen LogP contribution is -2.33. The maximum absolute atomic E-state index is 11.8. The van der Waals surface area contributed by atoms with Gasteiger partial charge in [0, 0.05) is 19.5 Å². The lowest BCUT2D eigenvalue weighted by Gasteiger charge is -2.24. The summed E-state index contributed by atoms with van der Waals surface area (Å²) in [6, 6.07) is 0.337. The van der Waals surface area contributed by atoms with E-state index in [4.69, 9.17) is 0 Å². The van der Waals surface area contributed by atoms with E-state index in [0.717, 1.165) is 18.8 Å². The molecule has 0 aromatic carbocycles. The summed E-state index contributed by atoms with van der Waals surface area (Å²) in [6.45, 7) is 4.14. The van der Waals surface area contributed by atoms with Gasteiger partial charge in [0.25, 0.3) is 0 Å². The van der Waals surface area contributed by atoms with Crippen molar-refractivity contribution < 1.29 is 4.79 Å². The van der Waals surface area contributed by atoms with E-state index < -0.39 is 0 Å². The first kappa shape index (κ1) is 12.5. The average Bonchev–Trinajstić information content (AvgIpc) is 2.26. The van der Waals surface area contributed by atoms with Gasteiger partial charge in [-0.3, -0.25) is 4.79 Å². The fourth-order valence-corrected chi connectivity index (χ4v) is 2.27. The van der Waals surface area contributed by atoms with E-state index in [0.29, 0.717) is 11.9 Å². The second-order valence-electron chi connectivity index (χ2n) is 5.14. The molecule has 0 saturated heterocycles. The lowest BCUT2D eigenvalue weighted by molar-refractivity contribution is -0.131. The third kappa shape index (κ3) is 4.23. The molecule has 0 atom stereocenters. The Kier molecular flexibility index (Phi) is 5.13. The summed E-state index contributed by atoms with van der Waals surface area (Å²) < 4.78 is 0. The maximum Gasteiger partial charge on any atom is 0.222 e. The summed E-state index contributed by atoms with van der Waals surface area (Å²) in [6.07, 6.45) is 8.70. The lowest BCUT2D eigenvalue weighted by atomic mass is 9.86. The van der Waals surface area contributed by atoms with E-state index in [1.165, 1.54) is 32.1 Å². The number of carbonyl (C=O) groups excluding carboxylic acids is 1. The van der Waals surface area contributed by atoms with E-state index >= 15 is 0 Å². The molecule has 0 heterocycles. The van der Waals surface area contributed by atoms with Crippen molar-refractivity contribution in [1.82, 2.24) is 4.90 Å². The van der Waals surface area contributed by atoms with Crippen LogP contribution in [0.5, 0.6) is 0 Å². The van der Waals surface area contributed by atoms with Crippen LogP contribution in [-0.2, 0) is 4.79 Å². The minimum atomic E-state index is 0.315. The van der Waals surface area contributed by atoms with Gasteiger partial charge in [0.2, 0.25) is 5.91 Å². The molecule has 0 unspecified atom stereocenters. The number of hydrogen-bond donors (Lipinski definition) is 0. The molecule has 0 aromatic heterocycles. The Morgan fingerprint density at radius 1 is 1.27 bits per heavy atom. The second kappa shape index (κ2) is 6.14. The van der Waals surface area contributed by atoms with Crippen molar-refractivity contribution in [3.05, 3.63) is 0 Å². The van der Waals surface area contributed by atoms with Crippen LogP contribution in [0.1, 0.15) is 58.8 Å². The molecule has 2 heteroatoms. The maximum atomic E-state index is 11.8. The van der Waals surface area contributed by atoms with Gasteiger partial charge in [-0.1, -0.05) is 32.1 Å². The molecule has 1 rings (SSSR count). The molecule has 0 spiro atoms. The van der Waals surface area contributed by atoms with Crippen LogP contribution >= 0.6 is 0 Å². The largest absolute Gasteiger partial charge is 0.343 e. The van der Waals surface area contributed by atoms with Crippen LogP contribution in [0.3, 0.4) is 0 Å². The van der Waals surface area contributed by atoms with Crippen molar-refractivity contribution in [3.8, 4) is 0 Å². The Labute approximate surface area is 94.0 Å². The van der Waals surface area contributed by atoms with Gasteiger partial charge in [-0.15, -0.1) is 0 Å². The van der Waals surface area contributed by atoms with E-state index in [-0.39, 0.29) is 0 Å². The highest BCUT2D eigenvalue weighted by molar-refractivity contribution is 5.76. The van der Waals surface area contributed by atoms with Crippen LogP contribution in [0.4, 0.5) is 0 Å². The first-order valence-corrected chi connectivity index (χ1v) is 6.37. The first-order chi connectivity index (χ1) is 7.11. The summed E-state index contributed by atoms with van der Waals surface area (Å²) >= 11 is 0. The van der Waals surface area contributed by atoms with E-state index in [2.05, 4.69) is 13.8 Å². The van der Waals surface area contributed by atoms with Crippen LogP contribution in [0.25, 0.3) is 0 Å². The molecule has 0 radical (unpaired) electrons. The van der Waals surface area contributed by atoms with Gasteiger partial charge in [-0.25, -0.2) is 0 Å². The molecule has 88 valence electrons. The molecule has 15 heavy (non-hydrogen) atoms. The smallest absolute Gasteiger partial charge is 0.222 e. The van der Waals surface area contributed by atoms with Crippen LogP contribution in [0.2, 0.25) is 0 Å². The van der Waals surface area contributed by atoms with E-state index in [9.17, 15) is 4.79 Å². The molecular formula is C13H25NO. The SMILES string of the molecule is CC(C)N(C)C(=O)CCC1CCCCC1. The fourth-order valence-electron chi connectivity index (χ4n) is 2.27. The highest BCUT2D eigenvalue weighted by Crippen LogP contribution is 2.27. The van der Waals surface area contributed by atoms with Crippen molar-refractivity contribution in [3.63, 3.8) is 0 Å². The summed E-state index contributed by atoms with van der Waals surface area (Å²) in [7, 11) is 1.91. The Morgan fingerprint density at radius 2 is 1.87 bits per heavy atom. The number of hydrogen-bond acceptors (Lipinski definition) is 1. The number of carbonyl (C=O) groups is 1. The third-order valence-corrected chi connectivity index (χ3v) is 3.66. The standard InChI is InChI=1S/C13H25NO/c1-11(2)14(3)13(15)10-9-12-7-5-4-6-8-12/h11-12H,4-10H2,1-3H3. The zero-order chi connectivity index (χ0) is 11.3. The Bertz CT molecular complexity index is 195. The molecule has 1 aliphatic rings. The molecule has 0 aromatic rings. The summed E-state index contributed by atoms with van der Waals surface area (Å²) in [5, 5.41) is 0. The monoisotopic (exact) mass is 211 g/mol. The highest BCUT2D eigenvalue weighted by Gasteiger charge is 2.17. The van der Waals surface area contributed by atoms with Crippen molar-refractivity contribution in [2.24, 2.45) is 5.92 Å². The van der Waals surface area contributed by atoms with Gasteiger partial charge in [0.05, 0.1) is 0 Å². The van der Waals surface area contributed by atoms with E-state index in [1.807, 2.05) is 11.9 Å². The molecular weight excluding hydrogens is 186 g/mol. The second-order valence-corrected chi connectivity index (χ2v) is 5.14. The summed E-state index contributed by atoms with van der Waals surface area (Å²) in [5.74, 6) is 1.14. The molecule has 0 aliphatic heterocycles. The summed E-state index contributed by atoms with van der Waals surface area (Å²) in [4.78, 5) is 13.6. The minimum absolute atomic E-state index is 0.315. The van der Waals surface area contributed by atoms with Crippen molar-refractivity contribution in [1.29, 1.82) is 0 Å². The van der Waals surface area contributed by atoms with Crippen LogP contribution in [0, 0.1) is 5.92 Å². The molecule has 1 fully saturated rings. The average molecular weight is 211 g/mol. The fraction of sp³-hybridized carbons (Fsp3) is 0.923. The topological polar surface area (TPSA) is 20.3 Å². The van der Waals surface area contributed by atoms with Gasteiger partial charge in [-0.05, 0) is 26.2 Å². The number of rotatable bonds is 4. The van der Waals surface area contributed by atoms with Crippen molar-refractivity contribution in [2.75, 3.05) is 7.05 Å². The quantitative estimate of drug-likeness (QED) is 0.699. The number of amides is 1. The van der Waals surface area contributed by atoms with Gasteiger partial charge in [0.15, 0.2) is 0 Å². The molecule has 1 saturated carbocycles. The van der Waals surface area contributed by atoms with Crippen LogP contribution < -0.4 is 0 Å². The Hall–Kier alpha value is -0.530. The van der Waals surface area contributed by atoms with Gasteiger partial charge < -0.3 is 4.90 Å². The van der Waals surface area contributed by atoms with Gasteiger partial charge >= 0.3 is 0 Å². The van der Waals surface area contributed by atoms with Crippen LogP contribution in [0.15, 0.2) is 0 Å². The first-order valence-electron chi connectivity index (χ1n) is 6.37. The zero-order valence-electron chi connectivity index (χ0n) is 10.5. The third-order valence-electron chi connectivity index (χ3n) is 3.66. The Morgan fingerprint density at radius 3 is 2.40 bits per heavy atom. The summed E-state index contributed by atoms with van der Waals surface area (Å²) in [5.41, 5.74) is 0. The molecule has 2 nitrogen and oxygen atoms in total. The molecule has 1 amide bonds. The van der Waals surface area contributed by atoms with Gasteiger partial charge in [-0.2, -0.15) is 0 Å². The normalized spacial score (nSPS) is 18.1. The predicted octanol–water partition coefficient (Wildman–Crippen LogP) is 3.21. The number of nitrogens with zero attached hydrogens (tertiary/aromatic N) is 1. The van der Waals surface area contributed by atoms with Crippen LogP contribution in [-0.4, -0.2) is 23.9 Å². The molecule has 1 aliphatic carbocycles. The van der Waals surface area contributed by atoms with Crippen molar-refractivity contribution >= 4 is 5.91 Å². The highest BCUT2D eigenvalue weighted by atomic mass is 16.2. The minimum Gasteiger partial charge on any atom is -0.343 e. The molecule has 0 N–H and O–H groups in total. The molecule has 0 bridgehead atoms. The zero-order valence-corrected chi connectivity index (χ0v) is 10.5.